The largest absolute Gasteiger partial charge is 0.352 e. The molecule has 1 fully saturated rings. The molecule has 0 aliphatic heterocycles. The van der Waals surface area contributed by atoms with E-state index in [1.54, 1.807) is 18.2 Å². The monoisotopic (exact) mass is 609 g/mol. The van der Waals surface area contributed by atoms with E-state index in [0.29, 0.717) is 17.1 Å². The number of aryl methyl sites for hydroxylation is 2. The van der Waals surface area contributed by atoms with Crippen molar-refractivity contribution in [1.82, 2.24) is 10.2 Å². The summed E-state index contributed by atoms with van der Waals surface area (Å²) in [6, 6.07) is 20.1. The Morgan fingerprint density at radius 1 is 0.929 bits per heavy atom. The van der Waals surface area contributed by atoms with E-state index in [1.165, 1.54) is 35.6 Å². The maximum Gasteiger partial charge on any atom is 0.264 e. The van der Waals surface area contributed by atoms with Gasteiger partial charge < -0.3 is 10.2 Å². The van der Waals surface area contributed by atoms with E-state index in [2.05, 4.69) is 5.32 Å². The average Bonchev–Trinajstić information content (AvgIpc) is 2.97. The molecule has 0 spiro atoms. The van der Waals surface area contributed by atoms with Gasteiger partial charge in [0.15, 0.2) is 0 Å². The molecule has 9 heteroatoms. The molecule has 3 aromatic carbocycles. The second-order valence-corrected chi connectivity index (χ2v) is 13.4. The lowest BCUT2D eigenvalue weighted by atomic mass is 9.95. The molecular formula is C33H40ClN3O4S. The third-order valence-corrected chi connectivity index (χ3v) is 9.82. The van der Waals surface area contributed by atoms with Crippen LogP contribution >= 0.6 is 11.6 Å². The lowest BCUT2D eigenvalue weighted by molar-refractivity contribution is -0.140. The maximum absolute atomic E-state index is 14.2. The number of carbonyl (C=O) groups is 2. The van der Waals surface area contributed by atoms with Gasteiger partial charge >= 0.3 is 0 Å². The van der Waals surface area contributed by atoms with Gasteiger partial charge in [-0.25, -0.2) is 8.42 Å². The molecule has 3 aromatic rings. The van der Waals surface area contributed by atoms with Crippen molar-refractivity contribution in [3.05, 3.63) is 94.5 Å². The van der Waals surface area contributed by atoms with Crippen molar-refractivity contribution in [2.75, 3.05) is 10.8 Å². The van der Waals surface area contributed by atoms with Gasteiger partial charge in [-0.2, -0.15) is 0 Å². The van der Waals surface area contributed by atoms with Crippen LogP contribution in [-0.4, -0.2) is 43.8 Å². The van der Waals surface area contributed by atoms with Crippen LogP contribution in [0.5, 0.6) is 0 Å². The van der Waals surface area contributed by atoms with Crippen LogP contribution in [0.25, 0.3) is 0 Å². The standard InChI is InChI=1S/C33H40ClN3O4S/c1-4-31(33(39)35-28-10-6-5-7-11-28)36(22-26-15-13-24(2)14-16-26)32(38)23-37(29-12-8-9-25(3)21-29)42(40,41)30-19-17-27(34)18-20-30/h8-9,12-21,28,31H,4-7,10-11,22-23H2,1-3H3,(H,35,39)/t31-/m1/s1. The number of anilines is 1. The highest BCUT2D eigenvalue weighted by molar-refractivity contribution is 7.92. The zero-order chi connectivity index (χ0) is 30.3. The van der Waals surface area contributed by atoms with Gasteiger partial charge in [0.1, 0.15) is 12.6 Å². The van der Waals surface area contributed by atoms with E-state index in [4.69, 9.17) is 11.6 Å². The average molecular weight is 610 g/mol. The number of hydrogen-bond acceptors (Lipinski definition) is 4. The number of rotatable bonds is 11. The third kappa shape index (κ3) is 7.92. The number of hydrogen-bond donors (Lipinski definition) is 1. The number of nitrogens with zero attached hydrogens (tertiary/aromatic N) is 2. The molecule has 1 aliphatic carbocycles. The summed E-state index contributed by atoms with van der Waals surface area (Å²) in [6.07, 6.45) is 5.55. The molecule has 42 heavy (non-hydrogen) atoms. The molecule has 1 aliphatic rings. The second kappa shape index (κ2) is 14.2. The van der Waals surface area contributed by atoms with Crippen LogP contribution < -0.4 is 9.62 Å². The van der Waals surface area contributed by atoms with Crippen LogP contribution in [0.2, 0.25) is 5.02 Å². The zero-order valence-corrected chi connectivity index (χ0v) is 26.1. The van der Waals surface area contributed by atoms with Crippen LogP contribution in [-0.2, 0) is 26.2 Å². The predicted molar refractivity (Wildman–Crippen MR) is 168 cm³/mol. The van der Waals surface area contributed by atoms with Crippen molar-refractivity contribution in [1.29, 1.82) is 0 Å². The molecule has 0 bridgehead atoms. The fourth-order valence-electron chi connectivity index (χ4n) is 5.40. The van der Waals surface area contributed by atoms with Crippen molar-refractivity contribution >= 4 is 39.1 Å². The molecule has 1 atom stereocenters. The highest BCUT2D eigenvalue weighted by Crippen LogP contribution is 2.27. The van der Waals surface area contributed by atoms with Crippen molar-refractivity contribution in [3.8, 4) is 0 Å². The topological polar surface area (TPSA) is 86.8 Å². The Labute approximate surface area is 254 Å². The van der Waals surface area contributed by atoms with E-state index in [9.17, 15) is 18.0 Å². The minimum Gasteiger partial charge on any atom is -0.352 e. The second-order valence-electron chi connectivity index (χ2n) is 11.1. The van der Waals surface area contributed by atoms with Crippen molar-refractivity contribution in [3.63, 3.8) is 0 Å². The first kappa shape index (κ1) is 31.6. The van der Waals surface area contributed by atoms with Crippen molar-refractivity contribution in [2.24, 2.45) is 0 Å². The van der Waals surface area contributed by atoms with Crippen molar-refractivity contribution < 1.29 is 18.0 Å². The Balaban J connectivity index is 1.70. The van der Waals surface area contributed by atoms with E-state index in [-0.39, 0.29) is 23.4 Å². The van der Waals surface area contributed by atoms with Crippen molar-refractivity contribution in [2.45, 2.75) is 82.8 Å². The third-order valence-electron chi connectivity index (χ3n) is 7.78. The summed E-state index contributed by atoms with van der Waals surface area (Å²) in [4.78, 5) is 29.4. The van der Waals surface area contributed by atoms with E-state index in [0.717, 1.165) is 46.7 Å². The van der Waals surface area contributed by atoms with Gasteiger partial charge in [-0.05, 0) is 80.6 Å². The Bertz CT molecular complexity index is 1470. The minimum atomic E-state index is -4.14. The van der Waals surface area contributed by atoms with Crippen LogP contribution in [0.15, 0.2) is 77.7 Å². The first-order chi connectivity index (χ1) is 20.1. The molecular weight excluding hydrogens is 570 g/mol. The van der Waals surface area contributed by atoms with Crippen LogP contribution in [0, 0.1) is 13.8 Å². The number of nitrogens with one attached hydrogen (secondary N) is 1. The quantitative estimate of drug-likeness (QED) is 0.272. The lowest BCUT2D eigenvalue weighted by Gasteiger charge is -2.34. The summed E-state index contributed by atoms with van der Waals surface area (Å²) in [5, 5.41) is 3.59. The highest BCUT2D eigenvalue weighted by atomic mass is 35.5. The molecule has 4 rings (SSSR count). The summed E-state index contributed by atoms with van der Waals surface area (Å²) in [6.45, 7) is 5.44. The normalized spacial score (nSPS) is 14.7. The molecule has 0 radical (unpaired) electrons. The fraction of sp³-hybridized carbons (Fsp3) is 0.394. The molecule has 0 aromatic heterocycles. The van der Waals surface area contributed by atoms with E-state index in [1.807, 2.05) is 51.1 Å². The Morgan fingerprint density at radius 3 is 2.21 bits per heavy atom. The van der Waals surface area contributed by atoms with Gasteiger partial charge in [0, 0.05) is 17.6 Å². The minimum absolute atomic E-state index is 0.0216. The molecule has 1 N–H and O–H groups in total. The zero-order valence-electron chi connectivity index (χ0n) is 24.6. The first-order valence-electron chi connectivity index (χ1n) is 14.6. The summed E-state index contributed by atoms with van der Waals surface area (Å²) in [5.41, 5.74) is 3.17. The van der Waals surface area contributed by atoms with E-state index < -0.39 is 28.5 Å². The molecule has 224 valence electrons. The fourth-order valence-corrected chi connectivity index (χ4v) is 6.93. The SMILES string of the molecule is CC[C@H](C(=O)NC1CCCCC1)N(Cc1ccc(C)cc1)C(=O)CN(c1cccc(C)c1)S(=O)(=O)c1ccc(Cl)cc1. The Hall–Kier alpha value is -3.36. The predicted octanol–water partition coefficient (Wildman–Crippen LogP) is 6.41. The van der Waals surface area contributed by atoms with Gasteiger partial charge in [-0.15, -0.1) is 0 Å². The van der Waals surface area contributed by atoms with Gasteiger partial charge in [0.2, 0.25) is 11.8 Å². The van der Waals surface area contributed by atoms with Gasteiger partial charge in [0.05, 0.1) is 10.6 Å². The summed E-state index contributed by atoms with van der Waals surface area (Å²) in [7, 11) is -4.14. The first-order valence-corrected chi connectivity index (χ1v) is 16.4. The smallest absolute Gasteiger partial charge is 0.264 e. The van der Waals surface area contributed by atoms with Gasteiger partial charge in [-0.1, -0.05) is 79.7 Å². The van der Waals surface area contributed by atoms with Gasteiger partial charge in [-0.3, -0.25) is 13.9 Å². The molecule has 7 nitrogen and oxygen atoms in total. The van der Waals surface area contributed by atoms with Crippen LogP contribution in [0.3, 0.4) is 0 Å². The molecule has 2 amide bonds. The number of benzene rings is 3. The lowest BCUT2D eigenvalue weighted by Crippen LogP contribution is -2.54. The summed E-state index contributed by atoms with van der Waals surface area (Å²) in [5.74, 6) is -0.659. The van der Waals surface area contributed by atoms with Crippen LogP contribution in [0.1, 0.15) is 62.1 Å². The summed E-state index contributed by atoms with van der Waals surface area (Å²) < 4.78 is 29.1. The number of carbonyl (C=O) groups excluding carboxylic acids is 2. The molecule has 1 saturated carbocycles. The highest BCUT2D eigenvalue weighted by Gasteiger charge is 2.34. The Kier molecular flexibility index (Phi) is 10.7. The van der Waals surface area contributed by atoms with Gasteiger partial charge in [0.25, 0.3) is 10.0 Å². The van der Waals surface area contributed by atoms with E-state index >= 15 is 0 Å². The Morgan fingerprint density at radius 2 is 1.60 bits per heavy atom. The number of sulfonamides is 1. The van der Waals surface area contributed by atoms with Crippen LogP contribution in [0.4, 0.5) is 5.69 Å². The number of amides is 2. The molecule has 0 unspecified atom stereocenters. The maximum atomic E-state index is 14.2. The molecule has 0 heterocycles. The number of halogens is 1. The summed E-state index contributed by atoms with van der Waals surface area (Å²) >= 11 is 6.03. The molecule has 0 saturated heterocycles.